The summed E-state index contributed by atoms with van der Waals surface area (Å²) in [5.41, 5.74) is 0.376. The molecular weight excluding hydrogens is 420 g/mol. The van der Waals surface area contributed by atoms with Gasteiger partial charge in [-0.3, -0.25) is 7.32 Å². The van der Waals surface area contributed by atoms with Crippen LogP contribution in [0.1, 0.15) is 52.9 Å². The molecule has 0 saturated heterocycles. The van der Waals surface area contributed by atoms with Crippen LogP contribution in [0.25, 0.3) is 0 Å². The molecule has 17 heavy (non-hydrogen) atoms. The van der Waals surface area contributed by atoms with Gasteiger partial charge in [-0.15, -0.1) is 0 Å². The fourth-order valence-electron chi connectivity index (χ4n) is 1.10. The maximum Gasteiger partial charge on any atom is -0.278 e. The van der Waals surface area contributed by atoms with Crippen molar-refractivity contribution in [3.05, 3.63) is 0 Å². The van der Waals surface area contributed by atoms with Gasteiger partial charge in [0.25, 0.3) is 0 Å². The standard InChI is InChI=1S/C10H20O2.BO3.Bi.H/c1-10(2,3)8-6-4-5-7-9(11)12;2-1(3)4;;/h4-8H2,1-3H3,(H,11,12);;;/q;-3;+4;/p-1. The van der Waals surface area contributed by atoms with Crippen LogP contribution in [0, 0.1) is 5.41 Å². The molecule has 0 aromatic carbocycles. The van der Waals surface area contributed by atoms with Crippen molar-refractivity contribution in [1.82, 2.24) is 0 Å². The molecule has 0 aliphatic rings. The van der Waals surface area contributed by atoms with Gasteiger partial charge >= 0.3 is 26.2 Å². The van der Waals surface area contributed by atoms with Crippen LogP contribution in [0.4, 0.5) is 0 Å². The number of carbonyl (C=O) groups is 1. The average molecular weight is 440 g/mol. The molecule has 0 unspecified atom stereocenters. The van der Waals surface area contributed by atoms with E-state index in [4.69, 9.17) is 15.1 Å². The summed E-state index contributed by atoms with van der Waals surface area (Å²) in [6.07, 6.45) is 4.27. The summed E-state index contributed by atoms with van der Waals surface area (Å²) < 4.78 is 0. The van der Waals surface area contributed by atoms with Crippen molar-refractivity contribution in [2.24, 2.45) is 5.41 Å². The van der Waals surface area contributed by atoms with Gasteiger partial charge in [0.15, 0.2) is 0 Å². The molecule has 0 spiro atoms. The third kappa shape index (κ3) is 38.5. The van der Waals surface area contributed by atoms with Gasteiger partial charge in [0.2, 0.25) is 0 Å². The minimum Gasteiger partial charge on any atom is -0.907 e. The Morgan fingerprint density at radius 2 is 1.47 bits per heavy atom. The molecule has 0 radical (unpaired) electrons. The van der Waals surface area contributed by atoms with E-state index in [1.165, 1.54) is 6.42 Å². The van der Waals surface area contributed by atoms with Crippen LogP contribution in [0.3, 0.4) is 0 Å². The Morgan fingerprint density at radius 1 is 1.06 bits per heavy atom. The molecule has 98 valence electrons. The van der Waals surface area contributed by atoms with Gasteiger partial charge < -0.3 is 25.0 Å². The summed E-state index contributed by atoms with van der Waals surface area (Å²) in [5.74, 6) is -0.925. The van der Waals surface area contributed by atoms with E-state index in [0.29, 0.717) is 5.41 Å². The molecule has 0 heterocycles. The molecule has 0 fully saturated rings. The van der Waals surface area contributed by atoms with Crippen LogP contribution >= 0.6 is 0 Å². The second kappa shape index (κ2) is 12.7. The van der Waals surface area contributed by atoms with Crippen LogP contribution in [0.5, 0.6) is 0 Å². The summed E-state index contributed by atoms with van der Waals surface area (Å²) in [5, 5.41) is 35.3. The fourth-order valence-corrected chi connectivity index (χ4v) is 1.10. The van der Waals surface area contributed by atoms with E-state index in [1.54, 1.807) is 0 Å². The molecule has 0 aromatic heterocycles. The Labute approximate surface area is 123 Å². The normalized spacial score (nSPS) is 9.76. The summed E-state index contributed by atoms with van der Waals surface area (Å²) >= 11 is 0. The quantitative estimate of drug-likeness (QED) is 0.338. The van der Waals surface area contributed by atoms with Gasteiger partial charge in [-0.05, 0) is 24.7 Å². The first-order valence-corrected chi connectivity index (χ1v) is 5.32. The zero-order valence-corrected chi connectivity index (χ0v) is 14.5. The molecule has 0 bridgehead atoms. The first-order chi connectivity index (χ1) is 7.15. The summed E-state index contributed by atoms with van der Waals surface area (Å²) in [7, 11) is -2.92. The molecule has 0 aromatic rings. The maximum atomic E-state index is 10.0. The smallest absolute Gasteiger partial charge is 0.278 e. The second-order valence-corrected chi connectivity index (χ2v) is 4.78. The minimum atomic E-state index is -2.92. The fraction of sp³-hybridized carbons (Fsp3) is 0.900. The van der Waals surface area contributed by atoms with Crippen molar-refractivity contribution in [1.29, 1.82) is 0 Å². The van der Waals surface area contributed by atoms with E-state index < -0.39 is 13.3 Å². The summed E-state index contributed by atoms with van der Waals surface area (Å²) in [6.45, 7) is 6.60. The first-order valence-electron chi connectivity index (χ1n) is 5.32. The Bertz CT molecular complexity index is 179. The van der Waals surface area contributed by atoms with Gasteiger partial charge in [0, 0.05) is 5.97 Å². The Balaban J connectivity index is -0.000000340. The number of carboxylic acids is 1. The number of aliphatic carboxylic acids is 1. The molecule has 0 aliphatic carbocycles. The van der Waals surface area contributed by atoms with Crippen LogP contribution in [-0.4, -0.2) is 39.5 Å². The van der Waals surface area contributed by atoms with Crippen molar-refractivity contribution >= 4 is 39.5 Å². The van der Waals surface area contributed by atoms with Crippen LogP contribution in [0.2, 0.25) is 0 Å². The van der Waals surface area contributed by atoms with Crippen molar-refractivity contribution in [3.63, 3.8) is 0 Å². The second-order valence-electron chi connectivity index (χ2n) is 4.78. The predicted molar refractivity (Wildman–Crippen MR) is 60.5 cm³/mol. The number of hydrogen-bond acceptors (Lipinski definition) is 5. The third-order valence-electron chi connectivity index (χ3n) is 1.81. The van der Waals surface area contributed by atoms with Crippen molar-refractivity contribution in [2.45, 2.75) is 52.9 Å². The summed E-state index contributed by atoms with van der Waals surface area (Å²) in [6, 6.07) is 0. The minimum absolute atomic E-state index is 0. The molecule has 7 heteroatoms. The number of carbonyl (C=O) groups excluding carboxylic acids is 1. The van der Waals surface area contributed by atoms with Crippen molar-refractivity contribution in [3.8, 4) is 0 Å². The zero-order chi connectivity index (χ0) is 13.2. The third-order valence-corrected chi connectivity index (χ3v) is 1.81. The number of hydrogen-bond donors (Lipinski definition) is 0. The molecule has 0 atom stereocenters. The van der Waals surface area contributed by atoms with Crippen LogP contribution in [0.15, 0.2) is 0 Å². The van der Waals surface area contributed by atoms with Gasteiger partial charge in [-0.1, -0.05) is 33.6 Å². The number of rotatable bonds is 5. The van der Waals surface area contributed by atoms with Gasteiger partial charge in [-0.25, -0.2) is 0 Å². The van der Waals surface area contributed by atoms with Crippen LogP contribution < -0.4 is 20.2 Å². The zero-order valence-electron chi connectivity index (χ0n) is 10.7. The Kier molecular flexibility index (Phi) is 16.9. The molecule has 0 aliphatic heterocycles. The number of unbranched alkanes of at least 4 members (excludes halogenated alkanes) is 2. The maximum absolute atomic E-state index is 10.0. The van der Waals surface area contributed by atoms with E-state index >= 15 is 0 Å². The molecule has 0 amide bonds. The van der Waals surface area contributed by atoms with Gasteiger partial charge in [0.05, 0.1) is 0 Å². The molecule has 0 saturated carbocycles. The molecule has 0 N–H and O–H groups in total. The average Bonchev–Trinajstić information content (AvgIpc) is 1.99. The largest absolute Gasteiger partial charge is 0.907 e. The van der Waals surface area contributed by atoms with E-state index in [0.717, 1.165) is 19.3 Å². The topological polar surface area (TPSA) is 109 Å². The van der Waals surface area contributed by atoms with E-state index in [9.17, 15) is 9.90 Å². The van der Waals surface area contributed by atoms with E-state index in [-0.39, 0.29) is 32.6 Å². The monoisotopic (exact) mass is 440 g/mol. The van der Waals surface area contributed by atoms with Crippen molar-refractivity contribution in [2.75, 3.05) is 0 Å². The van der Waals surface area contributed by atoms with E-state index in [1.807, 2.05) is 0 Å². The van der Waals surface area contributed by atoms with E-state index in [2.05, 4.69) is 20.8 Å². The van der Waals surface area contributed by atoms with Gasteiger partial charge in [0.1, 0.15) is 0 Å². The predicted octanol–water partition coefficient (Wildman–Crippen LogP) is -2.86. The van der Waals surface area contributed by atoms with Gasteiger partial charge in [-0.2, -0.15) is 0 Å². The Morgan fingerprint density at radius 3 is 1.76 bits per heavy atom. The molecule has 0 rings (SSSR count). The Hall–Kier alpha value is 0.298. The van der Waals surface area contributed by atoms with Crippen LogP contribution in [-0.2, 0) is 4.79 Å². The number of carboxylic acid groups (broad SMARTS) is 1. The van der Waals surface area contributed by atoms with Crippen molar-refractivity contribution < 1.29 is 25.0 Å². The SMILES string of the molecule is CC(C)(C)CCCCCC(=O)[O-].[BiH+4].[O-]B([O-])[O-]. The molecular formula is C10H20BBiO5. The molecule has 5 nitrogen and oxygen atoms in total. The first kappa shape index (κ1) is 22.5. The summed E-state index contributed by atoms with van der Waals surface area (Å²) in [4.78, 5) is 10.0.